The second-order valence-electron chi connectivity index (χ2n) is 4.24. The van der Waals surface area contributed by atoms with E-state index in [0.717, 1.165) is 30.4 Å². The molecule has 98 valence electrons. The van der Waals surface area contributed by atoms with Gasteiger partial charge in [-0.2, -0.15) is 0 Å². The molecule has 18 heavy (non-hydrogen) atoms. The average molecular weight is 314 g/mol. The molecule has 1 aromatic heterocycles. The molecule has 1 saturated heterocycles. The molecule has 0 bridgehead atoms. The second kappa shape index (κ2) is 6.13. The highest BCUT2D eigenvalue weighted by Crippen LogP contribution is 2.17. The molecule has 1 fully saturated rings. The molecule has 0 atom stereocenters. The van der Waals surface area contributed by atoms with Gasteiger partial charge in [-0.05, 0) is 15.9 Å². The van der Waals surface area contributed by atoms with E-state index in [4.69, 9.17) is 4.74 Å². The van der Waals surface area contributed by atoms with E-state index in [2.05, 4.69) is 25.9 Å². The van der Waals surface area contributed by atoms with Crippen LogP contribution in [0, 0.1) is 0 Å². The van der Waals surface area contributed by atoms with Crippen LogP contribution in [0.1, 0.15) is 26.2 Å². The van der Waals surface area contributed by atoms with Gasteiger partial charge in [0.25, 0.3) is 0 Å². The molecular weight excluding hydrogens is 298 g/mol. The molecule has 1 aliphatic rings. The number of hydrogen-bond acceptors (Lipinski definition) is 4. The Morgan fingerprint density at radius 2 is 2.06 bits per heavy atom. The summed E-state index contributed by atoms with van der Waals surface area (Å²) in [5.41, 5.74) is 0. The van der Waals surface area contributed by atoms with Crippen molar-refractivity contribution in [2.75, 3.05) is 13.1 Å². The summed E-state index contributed by atoms with van der Waals surface area (Å²) >= 11 is 3.28. The quantitative estimate of drug-likeness (QED) is 0.856. The largest absolute Gasteiger partial charge is 0.460 e. The van der Waals surface area contributed by atoms with Crippen LogP contribution in [0.2, 0.25) is 0 Å². The lowest BCUT2D eigenvalue weighted by atomic mass is 10.1. The maximum absolute atomic E-state index is 11.5. The standard InChI is InChI=1S/C12H16BrN3O2/c1-2-11(17)16-5-3-10(4-6-16)18-12-14-7-9(13)8-15-12/h7-8,10H,2-6H2,1H3. The predicted molar refractivity (Wildman–Crippen MR) is 70.3 cm³/mol. The van der Waals surface area contributed by atoms with E-state index < -0.39 is 0 Å². The van der Waals surface area contributed by atoms with Crippen molar-refractivity contribution in [2.45, 2.75) is 32.3 Å². The van der Waals surface area contributed by atoms with Gasteiger partial charge in [-0.25, -0.2) is 9.97 Å². The molecule has 2 heterocycles. The van der Waals surface area contributed by atoms with Gasteiger partial charge in [-0.15, -0.1) is 0 Å². The lowest BCUT2D eigenvalue weighted by molar-refractivity contribution is -0.132. The van der Waals surface area contributed by atoms with Gasteiger partial charge in [0.15, 0.2) is 0 Å². The van der Waals surface area contributed by atoms with Crippen molar-refractivity contribution in [3.63, 3.8) is 0 Å². The van der Waals surface area contributed by atoms with Gasteiger partial charge in [-0.3, -0.25) is 4.79 Å². The molecule has 1 aromatic rings. The summed E-state index contributed by atoms with van der Waals surface area (Å²) in [6, 6.07) is 0.401. The average Bonchev–Trinajstić information content (AvgIpc) is 2.41. The summed E-state index contributed by atoms with van der Waals surface area (Å²) in [4.78, 5) is 21.6. The Hall–Kier alpha value is -1.17. The van der Waals surface area contributed by atoms with Crippen molar-refractivity contribution in [1.82, 2.24) is 14.9 Å². The topological polar surface area (TPSA) is 55.3 Å². The van der Waals surface area contributed by atoms with Crippen molar-refractivity contribution >= 4 is 21.8 Å². The number of halogens is 1. The van der Waals surface area contributed by atoms with Crippen LogP contribution in [0.15, 0.2) is 16.9 Å². The number of rotatable bonds is 3. The third kappa shape index (κ3) is 3.41. The molecule has 0 aliphatic carbocycles. The van der Waals surface area contributed by atoms with E-state index in [9.17, 15) is 4.79 Å². The van der Waals surface area contributed by atoms with Crippen molar-refractivity contribution in [3.05, 3.63) is 16.9 Å². The first-order valence-corrected chi connectivity index (χ1v) is 6.90. The van der Waals surface area contributed by atoms with Gasteiger partial charge in [0.2, 0.25) is 5.91 Å². The molecule has 5 nitrogen and oxygen atoms in total. The normalized spacial score (nSPS) is 16.7. The number of aromatic nitrogens is 2. The molecule has 6 heteroatoms. The number of carbonyl (C=O) groups excluding carboxylic acids is 1. The summed E-state index contributed by atoms with van der Waals surface area (Å²) < 4.78 is 6.52. The highest BCUT2D eigenvalue weighted by molar-refractivity contribution is 9.10. The molecule has 0 radical (unpaired) electrons. The Balaban J connectivity index is 1.83. The lowest BCUT2D eigenvalue weighted by Crippen LogP contribution is -2.41. The van der Waals surface area contributed by atoms with Crippen LogP contribution in [0.3, 0.4) is 0 Å². The fraction of sp³-hybridized carbons (Fsp3) is 0.583. The van der Waals surface area contributed by atoms with Crippen molar-refractivity contribution < 1.29 is 9.53 Å². The second-order valence-corrected chi connectivity index (χ2v) is 5.15. The summed E-state index contributed by atoms with van der Waals surface area (Å²) in [6.45, 7) is 3.41. The molecule has 1 amide bonds. The molecule has 0 spiro atoms. The van der Waals surface area contributed by atoms with Crippen LogP contribution in [0.25, 0.3) is 0 Å². The minimum atomic E-state index is 0.104. The minimum absolute atomic E-state index is 0.104. The summed E-state index contributed by atoms with van der Waals surface area (Å²) in [5.74, 6) is 0.216. The van der Waals surface area contributed by atoms with Crippen LogP contribution >= 0.6 is 15.9 Å². The van der Waals surface area contributed by atoms with Gasteiger partial charge in [0.05, 0.1) is 4.47 Å². The van der Waals surface area contributed by atoms with Gasteiger partial charge < -0.3 is 9.64 Å². The van der Waals surface area contributed by atoms with Gasteiger partial charge in [0.1, 0.15) is 6.10 Å². The van der Waals surface area contributed by atoms with E-state index in [1.54, 1.807) is 12.4 Å². The Kier molecular flexibility index (Phi) is 4.52. The Morgan fingerprint density at radius 1 is 1.44 bits per heavy atom. The van der Waals surface area contributed by atoms with Gasteiger partial charge in [0, 0.05) is 44.7 Å². The molecule has 0 saturated carbocycles. The van der Waals surface area contributed by atoms with Crippen molar-refractivity contribution in [3.8, 4) is 6.01 Å². The van der Waals surface area contributed by atoms with E-state index in [1.165, 1.54) is 0 Å². The van der Waals surface area contributed by atoms with E-state index >= 15 is 0 Å². The number of piperidine rings is 1. The first-order chi connectivity index (χ1) is 8.69. The monoisotopic (exact) mass is 313 g/mol. The minimum Gasteiger partial charge on any atom is -0.460 e. The maximum atomic E-state index is 11.5. The zero-order valence-corrected chi connectivity index (χ0v) is 11.9. The SMILES string of the molecule is CCC(=O)N1CCC(Oc2ncc(Br)cn2)CC1. The zero-order chi connectivity index (χ0) is 13.0. The van der Waals surface area contributed by atoms with Gasteiger partial charge >= 0.3 is 6.01 Å². The van der Waals surface area contributed by atoms with Crippen LogP contribution in [-0.4, -0.2) is 40.0 Å². The van der Waals surface area contributed by atoms with Crippen molar-refractivity contribution in [2.24, 2.45) is 0 Å². The highest BCUT2D eigenvalue weighted by Gasteiger charge is 2.23. The smallest absolute Gasteiger partial charge is 0.316 e. The first-order valence-electron chi connectivity index (χ1n) is 6.11. The summed E-state index contributed by atoms with van der Waals surface area (Å²) in [6.07, 6.45) is 5.68. The number of ether oxygens (including phenoxy) is 1. The fourth-order valence-electron chi connectivity index (χ4n) is 1.96. The van der Waals surface area contributed by atoms with Crippen LogP contribution in [0.4, 0.5) is 0 Å². The lowest BCUT2D eigenvalue weighted by Gasteiger charge is -2.31. The van der Waals surface area contributed by atoms with Crippen molar-refractivity contribution in [1.29, 1.82) is 0 Å². The van der Waals surface area contributed by atoms with Crippen LogP contribution in [0.5, 0.6) is 6.01 Å². The number of hydrogen-bond donors (Lipinski definition) is 0. The van der Waals surface area contributed by atoms with E-state index in [-0.39, 0.29) is 12.0 Å². The predicted octanol–water partition coefficient (Wildman–Crippen LogP) is 2.02. The number of likely N-dealkylation sites (tertiary alicyclic amines) is 1. The van der Waals surface area contributed by atoms with Crippen LogP contribution < -0.4 is 4.74 Å². The van der Waals surface area contributed by atoms with E-state index in [1.807, 2.05) is 11.8 Å². The molecular formula is C12H16BrN3O2. The number of amides is 1. The molecule has 0 N–H and O–H groups in total. The molecule has 2 rings (SSSR count). The Bertz CT molecular complexity index is 402. The molecule has 1 aliphatic heterocycles. The number of carbonyl (C=O) groups is 1. The fourth-order valence-corrected chi connectivity index (χ4v) is 2.16. The molecule has 0 unspecified atom stereocenters. The van der Waals surface area contributed by atoms with Crippen LogP contribution in [-0.2, 0) is 4.79 Å². The third-order valence-corrected chi connectivity index (χ3v) is 3.38. The van der Waals surface area contributed by atoms with E-state index in [0.29, 0.717) is 12.4 Å². The summed E-state index contributed by atoms with van der Waals surface area (Å²) in [5, 5.41) is 0. The first kappa shape index (κ1) is 13.3. The Labute approximate surface area is 115 Å². The highest BCUT2D eigenvalue weighted by atomic mass is 79.9. The zero-order valence-electron chi connectivity index (χ0n) is 10.3. The summed E-state index contributed by atoms with van der Waals surface area (Å²) in [7, 11) is 0. The number of nitrogens with zero attached hydrogens (tertiary/aromatic N) is 3. The molecule has 0 aromatic carbocycles. The third-order valence-electron chi connectivity index (χ3n) is 2.97. The van der Waals surface area contributed by atoms with Gasteiger partial charge in [-0.1, -0.05) is 6.92 Å². The maximum Gasteiger partial charge on any atom is 0.316 e. The Morgan fingerprint density at radius 3 is 2.61 bits per heavy atom.